The predicted octanol–water partition coefficient (Wildman–Crippen LogP) is 3.72. The van der Waals surface area contributed by atoms with E-state index in [1.54, 1.807) is 24.3 Å². The number of carbonyl (C=O) groups excluding carboxylic acids is 1. The number of phenols is 2. The number of benzene rings is 2. The van der Waals surface area contributed by atoms with Crippen LogP contribution in [-0.4, -0.2) is 30.2 Å². The van der Waals surface area contributed by atoms with E-state index >= 15 is 0 Å². The number of phenolic OH excluding ortho intramolecular Hbond substituents is 2. The summed E-state index contributed by atoms with van der Waals surface area (Å²) in [6.07, 6.45) is 0. The average molecular weight is 342 g/mol. The van der Waals surface area contributed by atoms with Gasteiger partial charge in [-0.05, 0) is 41.3 Å². The summed E-state index contributed by atoms with van der Waals surface area (Å²) in [6, 6.07) is 8.42. The first-order valence-electron chi connectivity index (χ1n) is 8.21. The lowest BCUT2D eigenvalue weighted by atomic mass is 9.67. The van der Waals surface area contributed by atoms with E-state index in [0.29, 0.717) is 11.3 Å². The summed E-state index contributed by atoms with van der Waals surface area (Å²) in [5.74, 6) is 0.540. The fourth-order valence-electron chi connectivity index (χ4n) is 3.65. The number of ketones is 1. The number of methoxy groups -OCH3 is 2. The average Bonchev–Trinajstić information content (AvgIpc) is 2.61. The molecule has 1 aliphatic carbocycles. The van der Waals surface area contributed by atoms with Gasteiger partial charge in [-0.25, -0.2) is 0 Å². The smallest absolute Gasteiger partial charge is 0.166 e. The van der Waals surface area contributed by atoms with Crippen molar-refractivity contribution in [3.8, 4) is 23.0 Å². The molecule has 3 atom stereocenters. The Kier molecular flexibility index (Phi) is 4.33. The quantitative estimate of drug-likeness (QED) is 0.889. The molecule has 132 valence electrons. The van der Waals surface area contributed by atoms with Crippen molar-refractivity contribution >= 4 is 5.78 Å². The van der Waals surface area contributed by atoms with E-state index in [9.17, 15) is 15.0 Å². The number of aromatic hydroxyl groups is 2. The number of Topliss-reactive ketones (excluding diaryl/α,β-unsaturated/α-hetero) is 1. The molecule has 0 aliphatic heterocycles. The van der Waals surface area contributed by atoms with Gasteiger partial charge in [-0.15, -0.1) is 0 Å². The second-order valence-corrected chi connectivity index (χ2v) is 6.53. The normalized spacial score (nSPS) is 22.4. The van der Waals surface area contributed by atoms with Crippen molar-refractivity contribution in [1.82, 2.24) is 0 Å². The summed E-state index contributed by atoms with van der Waals surface area (Å²) in [5, 5.41) is 20.1. The summed E-state index contributed by atoms with van der Waals surface area (Å²) >= 11 is 0. The number of rotatable bonds is 3. The molecular formula is C20H22O5. The molecule has 0 saturated heterocycles. The topological polar surface area (TPSA) is 76.0 Å². The SMILES string of the molecule is COc1cc([C@H]2c3cc(O)c(OC)cc3C(=O)[C@H](C)[C@@H]2C)ccc1O. The minimum Gasteiger partial charge on any atom is -0.504 e. The Bertz CT molecular complexity index is 827. The predicted molar refractivity (Wildman–Crippen MR) is 93.8 cm³/mol. The Morgan fingerprint density at radius 3 is 2.20 bits per heavy atom. The third kappa shape index (κ3) is 2.69. The molecule has 1 aliphatic rings. The second kappa shape index (κ2) is 6.31. The molecule has 25 heavy (non-hydrogen) atoms. The van der Waals surface area contributed by atoms with Crippen LogP contribution in [0.1, 0.15) is 41.3 Å². The van der Waals surface area contributed by atoms with Crippen LogP contribution in [0, 0.1) is 11.8 Å². The first-order chi connectivity index (χ1) is 11.9. The number of hydrogen-bond donors (Lipinski definition) is 2. The van der Waals surface area contributed by atoms with Gasteiger partial charge in [0.05, 0.1) is 14.2 Å². The molecule has 0 bridgehead atoms. The van der Waals surface area contributed by atoms with Crippen molar-refractivity contribution in [1.29, 1.82) is 0 Å². The molecule has 5 nitrogen and oxygen atoms in total. The van der Waals surface area contributed by atoms with Gasteiger partial charge >= 0.3 is 0 Å². The van der Waals surface area contributed by atoms with Crippen LogP contribution < -0.4 is 9.47 Å². The van der Waals surface area contributed by atoms with Crippen molar-refractivity contribution in [2.75, 3.05) is 14.2 Å². The Morgan fingerprint density at radius 2 is 1.56 bits per heavy atom. The first-order valence-corrected chi connectivity index (χ1v) is 8.21. The molecule has 0 amide bonds. The third-order valence-electron chi connectivity index (χ3n) is 5.24. The van der Waals surface area contributed by atoms with Crippen molar-refractivity contribution in [2.45, 2.75) is 19.8 Å². The van der Waals surface area contributed by atoms with Gasteiger partial charge in [-0.2, -0.15) is 0 Å². The summed E-state index contributed by atoms with van der Waals surface area (Å²) in [4.78, 5) is 12.8. The summed E-state index contributed by atoms with van der Waals surface area (Å²) in [7, 11) is 2.96. The van der Waals surface area contributed by atoms with E-state index in [1.165, 1.54) is 14.2 Å². The maximum absolute atomic E-state index is 12.8. The molecule has 0 aromatic heterocycles. The van der Waals surface area contributed by atoms with Gasteiger partial charge in [0.1, 0.15) is 0 Å². The molecule has 5 heteroatoms. The number of ether oxygens (including phenoxy) is 2. The molecule has 2 aromatic rings. The minimum absolute atomic E-state index is 0.00606. The van der Waals surface area contributed by atoms with Gasteiger partial charge in [0.15, 0.2) is 28.8 Å². The molecule has 3 rings (SSSR count). The molecule has 0 heterocycles. The number of carbonyl (C=O) groups is 1. The summed E-state index contributed by atoms with van der Waals surface area (Å²) in [6.45, 7) is 3.94. The highest BCUT2D eigenvalue weighted by Crippen LogP contribution is 2.47. The minimum atomic E-state index is -0.174. The fraction of sp³-hybridized carbons (Fsp3) is 0.350. The highest BCUT2D eigenvalue weighted by molar-refractivity contribution is 6.01. The van der Waals surface area contributed by atoms with E-state index in [-0.39, 0.29) is 40.8 Å². The summed E-state index contributed by atoms with van der Waals surface area (Å²) < 4.78 is 10.4. The largest absolute Gasteiger partial charge is 0.504 e. The Hall–Kier alpha value is -2.69. The fourth-order valence-corrected chi connectivity index (χ4v) is 3.65. The van der Waals surface area contributed by atoms with Crippen LogP contribution in [0.5, 0.6) is 23.0 Å². The van der Waals surface area contributed by atoms with Crippen molar-refractivity contribution in [3.63, 3.8) is 0 Å². The van der Waals surface area contributed by atoms with Gasteiger partial charge in [0, 0.05) is 17.4 Å². The van der Waals surface area contributed by atoms with E-state index in [0.717, 1.165) is 11.1 Å². The number of fused-ring (bicyclic) bond motifs is 1. The highest BCUT2D eigenvalue weighted by Gasteiger charge is 2.39. The van der Waals surface area contributed by atoms with E-state index in [1.807, 2.05) is 19.9 Å². The first kappa shape index (κ1) is 17.1. The molecule has 2 N–H and O–H groups in total. The van der Waals surface area contributed by atoms with E-state index < -0.39 is 0 Å². The molecule has 0 fully saturated rings. The van der Waals surface area contributed by atoms with E-state index in [2.05, 4.69) is 0 Å². The van der Waals surface area contributed by atoms with Crippen molar-refractivity contribution < 1.29 is 24.5 Å². The lowest BCUT2D eigenvalue weighted by Crippen LogP contribution is -2.32. The second-order valence-electron chi connectivity index (χ2n) is 6.53. The maximum atomic E-state index is 12.8. The maximum Gasteiger partial charge on any atom is 0.166 e. The van der Waals surface area contributed by atoms with Crippen LogP contribution in [0.2, 0.25) is 0 Å². The molecule has 0 unspecified atom stereocenters. The molecular weight excluding hydrogens is 320 g/mol. The third-order valence-corrected chi connectivity index (χ3v) is 5.24. The van der Waals surface area contributed by atoms with Gasteiger partial charge < -0.3 is 19.7 Å². The molecule has 0 radical (unpaired) electrons. The Morgan fingerprint density at radius 1 is 0.920 bits per heavy atom. The van der Waals surface area contributed by atoms with Crippen molar-refractivity contribution in [2.24, 2.45) is 11.8 Å². The van der Waals surface area contributed by atoms with E-state index in [4.69, 9.17) is 9.47 Å². The van der Waals surface area contributed by atoms with Crippen LogP contribution in [0.3, 0.4) is 0 Å². The lowest BCUT2D eigenvalue weighted by Gasteiger charge is -2.36. The van der Waals surface area contributed by atoms with Crippen LogP contribution in [0.25, 0.3) is 0 Å². The zero-order valence-corrected chi connectivity index (χ0v) is 14.7. The summed E-state index contributed by atoms with van der Waals surface area (Å²) in [5.41, 5.74) is 2.26. The standard InChI is InChI=1S/C20H22O5/c1-10-11(2)20(23)14-9-18(25-4)16(22)8-13(14)19(10)12-5-6-15(21)17(7-12)24-3/h5-11,19,21-22H,1-4H3/t10-,11+,19-/m0/s1. The number of hydrogen-bond acceptors (Lipinski definition) is 5. The molecule has 0 spiro atoms. The Labute approximate surface area is 146 Å². The zero-order chi connectivity index (χ0) is 18.3. The molecule has 0 saturated carbocycles. The van der Waals surface area contributed by atoms with Crippen LogP contribution in [-0.2, 0) is 0 Å². The van der Waals surface area contributed by atoms with Gasteiger partial charge in [-0.3, -0.25) is 4.79 Å². The van der Waals surface area contributed by atoms with Crippen LogP contribution in [0.4, 0.5) is 0 Å². The van der Waals surface area contributed by atoms with Gasteiger partial charge in [0.2, 0.25) is 0 Å². The van der Waals surface area contributed by atoms with Gasteiger partial charge in [0.25, 0.3) is 0 Å². The monoisotopic (exact) mass is 342 g/mol. The van der Waals surface area contributed by atoms with Gasteiger partial charge in [-0.1, -0.05) is 19.9 Å². The zero-order valence-electron chi connectivity index (χ0n) is 14.7. The Balaban J connectivity index is 2.22. The van der Waals surface area contributed by atoms with Crippen LogP contribution >= 0.6 is 0 Å². The van der Waals surface area contributed by atoms with Crippen LogP contribution in [0.15, 0.2) is 30.3 Å². The highest BCUT2D eigenvalue weighted by atomic mass is 16.5. The molecule has 2 aromatic carbocycles. The lowest BCUT2D eigenvalue weighted by molar-refractivity contribution is 0.0865. The van der Waals surface area contributed by atoms with Crippen molar-refractivity contribution in [3.05, 3.63) is 47.0 Å².